The molecular formula is C10H23NO2S. The summed E-state index contributed by atoms with van der Waals surface area (Å²) in [4.78, 5) is 0. The van der Waals surface area contributed by atoms with Crippen LogP contribution in [0.4, 0.5) is 0 Å². The van der Waals surface area contributed by atoms with Crippen molar-refractivity contribution in [2.75, 3.05) is 18.6 Å². The van der Waals surface area contributed by atoms with Crippen LogP contribution < -0.4 is 5.32 Å². The van der Waals surface area contributed by atoms with Crippen LogP contribution >= 0.6 is 0 Å². The summed E-state index contributed by atoms with van der Waals surface area (Å²) in [6.07, 6.45) is 3.66. The molecule has 4 heteroatoms. The summed E-state index contributed by atoms with van der Waals surface area (Å²) in [6.45, 7) is 7.17. The zero-order chi connectivity index (χ0) is 11.2. The van der Waals surface area contributed by atoms with E-state index in [0.29, 0.717) is 5.92 Å². The van der Waals surface area contributed by atoms with Crippen LogP contribution in [0.5, 0.6) is 0 Å². The Labute approximate surface area is 88.2 Å². The molecule has 0 heterocycles. The second-order valence-corrected chi connectivity index (χ2v) is 6.48. The fraction of sp³-hybridized carbons (Fsp3) is 1.00. The summed E-state index contributed by atoms with van der Waals surface area (Å²) in [5.41, 5.74) is 0. The van der Waals surface area contributed by atoms with Gasteiger partial charge in [0.1, 0.15) is 9.84 Å². The maximum Gasteiger partial charge on any atom is 0.148 e. The summed E-state index contributed by atoms with van der Waals surface area (Å²) < 4.78 is 21.9. The Bertz CT molecular complexity index is 237. The van der Waals surface area contributed by atoms with Crippen LogP contribution in [0.1, 0.15) is 33.6 Å². The molecule has 3 nitrogen and oxygen atoms in total. The Morgan fingerprint density at radius 3 is 2.29 bits per heavy atom. The van der Waals surface area contributed by atoms with Gasteiger partial charge in [0.2, 0.25) is 0 Å². The molecule has 86 valence electrons. The van der Waals surface area contributed by atoms with E-state index in [2.05, 4.69) is 19.2 Å². The smallest absolute Gasteiger partial charge is 0.148 e. The third-order valence-corrected chi connectivity index (χ3v) is 3.25. The zero-order valence-electron chi connectivity index (χ0n) is 9.71. The molecule has 0 aliphatic rings. The molecule has 0 aromatic heterocycles. The van der Waals surface area contributed by atoms with E-state index >= 15 is 0 Å². The summed E-state index contributed by atoms with van der Waals surface area (Å²) in [6, 6.07) is 0.0595. The normalized spacial score (nSPS) is 16.6. The average molecular weight is 221 g/mol. The summed E-state index contributed by atoms with van der Waals surface area (Å²) in [5.74, 6) is 0.855. The molecule has 0 saturated carbocycles. The van der Waals surface area contributed by atoms with Crippen LogP contribution in [-0.4, -0.2) is 33.0 Å². The Morgan fingerprint density at radius 2 is 1.86 bits per heavy atom. The molecule has 0 fully saturated rings. The minimum atomic E-state index is -2.85. The van der Waals surface area contributed by atoms with Crippen LogP contribution in [0.2, 0.25) is 0 Å². The van der Waals surface area contributed by atoms with E-state index in [1.54, 1.807) is 0 Å². The maximum atomic E-state index is 11.0. The first-order valence-corrected chi connectivity index (χ1v) is 7.32. The highest BCUT2D eigenvalue weighted by Gasteiger charge is 2.10. The van der Waals surface area contributed by atoms with E-state index in [0.717, 1.165) is 6.54 Å². The Kier molecular flexibility index (Phi) is 6.36. The van der Waals surface area contributed by atoms with Gasteiger partial charge < -0.3 is 5.32 Å². The van der Waals surface area contributed by atoms with Crippen molar-refractivity contribution in [3.05, 3.63) is 0 Å². The van der Waals surface area contributed by atoms with Crippen LogP contribution in [0, 0.1) is 5.92 Å². The van der Waals surface area contributed by atoms with Gasteiger partial charge in [-0.3, -0.25) is 0 Å². The van der Waals surface area contributed by atoms with Crippen molar-refractivity contribution >= 4 is 9.84 Å². The first-order chi connectivity index (χ1) is 6.35. The molecule has 0 amide bonds. The zero-order valence-corrected chi connectivity index (χ0v) is 10.5. The second kappa shape index (κ2) is 6.40. The highest BCUT2D eigenvalue weighted by Crippen LogP contribution is 2.03. The van der Waals surface area contributed by atoms with Gasteiger partial charge >= 0.3 is 0 Å². The van der Waals surface area contributed by atoms with E-state index in [9.17, 15) is 8.42 Å². The molecule has 0 rings (SSSR count). The predicted octanol–water partition coefficient (Wildman–Crippen LogP) is 1.45. The van der Waals surface area contributed by atoms with Gasteiger partial charge in [-0.1, -0.05) is 20.3 Å². The Hall–Kier alpha value is -0.0900. The summed E-state index contributed by atoms with van der Waals surface area (Å²) in [5, 5.41) is 3.24. The fourth-order valence-corrected chi connectivity index (χ4v) is 2.54. The van der Waals surface area contributed by atoms with E-state index in [-0.39, 0.29) is 11.8 Å². The molecule has 0 aromatic rings. The monoisotopic (exact) mass is 221 g/mol. The SMILES string of the molecule is CCCC(C)CNC(C)CS(C)(=O)=O. The molecular weight excluding hydrogens is 198 g/mol. The summed E-state index contributed by atoms with van der Waals surface area (Å²) in [7, 11) is -2.85. The lowest BCUT2D eigenvalue weighted by molar-refractivity contribution is 0.449. The summed E-state index contributed by atoms with van der Waals surface area (Å²) >= 11 is 0. The minimum Gasteiger partial charge on any atom is -0.313 e. The van der Waals surface area contributed by atoms with Crippen molar-refractivity contribution in [3.63, 3.8) is 0 Å². The molecule has 0 radical (unpaired) electrons. The Balaban J connectivity index is 3.69. The molecule has 0 saturated heterocycles. The van der Waals surface area contributed by atoms with Crippen molar-refractivity contribution in [3.8, 4) is 0 Å². The van der Waals surface area contributed by atoms with Crippen molar-refractivity contribution in [2.45, 2.75) is 39.7 Å². The molecule has 0 aliphatic heterocycles. The van der Waals surface area contributed by atoms with E-state index < -0.39 is 9.84 Å². The van der Waals surface area contributed by atoms with Crippen LogP contribution in [0.3, 0.4) is 0 Å². The predicted molar refractivity (Wildman–Crippen MR) is 61.2 cm³/mol. The average Bonchev–Trinajstić information content (AvgIpc) is 1.98. The lowest BCUT2D eigenvalue weighted by atomic mass is 10.1. The lowest BCUT2D eigenvalue weighted by Crippen LogP contribution is -2.35. The molecule has 0 aliphatic carbocycles. The molecule has 0 spiro atoms. The largest absolute Gasteiger partial charge is 0.313 e. The quantitative estimate of drug-likeness (QED) is 0.707. The third kappa shape index (κ3) is 8.51. The van der Waals surface area contributed by atoms with Gasteiger partial charge in [0.25, 0.3) is 0 Å². The van der Waals surface area contributed by atoms with Gasteiger partial charge in [-0.25, -0.2) is 8.42 Å². The van der Waals surface area contributed by atoms with E-state index in [1.165, 1.54) is 19.1 Å². The van der Waals surface area contributed by atoms with Crippen LogP contribution in [-0.2, 0) is 9.84 Å². The number of rotatable bonds is 7. The minimum absolute atomic E-state index is 0.0595. The number of hydrogen-bond acceptors (Lipinski definition) is 3. The van der Waals surface area contributed by atoms with Gasteiger partial charge in [0, 0.05) is 12.3 Å². The van der Waals surface area contributed by atoms with Crippen molar-refractivity contribution < 1.29 is 8.42 Å². The Morgan fingerprint density at radius 1 is 1.29 bits per heavy atom. The van der Waals surface area contributed by atoms with Crippen LogP contribution in [0.25, 0.3) is 0 Å². The first-order valence-electron chi connectivity index (χ1n) is 5.26. The fourth-order valence-electron chi connectivity index (χ4n) is 1.51. The standard InChI is InChI=1S/C10H23NO2S/c1-5-6-9(2)7-11-10(3)8-14(4,12)13/h9-11H,5-8H2,1-4H3. The highest BCUT2D eigenvalue weighted by molar-refractivity contribution is 7.90. The lowest BCUT2D eigenvalue weighted by Gasteiger charge is -2.16. The van der Waals surface area contributed by atoms with E-state index in [4.69, 9.17) is 0 Å². The van der Waals surface area contributed by atoms with Crippen molar-refractivity contribution in [1.29, 1.82) is 0 Å². The molecule has 2 atom stereocenters. The van der Waals surface area contributed by atoms with Gasteiger partial charge in [0.05, 0.1) is 5.75 Å². The van der Waals surface area contributed by atoms with Crippen LogP contribution in [0.15, 0.2) is 0 Å². The topological polar surface area (TPSA) is 46.2 Å². The maximum absolute atomic E-state index is 11.0. The molecule has 0 bridgehead atoms. The van der Waals surface area contributed by atoms with Gasteiger partial charge in [0.15, 0.2) is 0 Å². The molecule has 1 N–H and O–H groups in total. The highest BCUT2D eigenvalue weighted by atomic mass is 32.2. The first kappa shape index (κ1) is 13.9. The number of nitrogens with one attached hydrogen (secondary N) is 1. The van der Waals surface area contributed by atoms with Gasteiger partial charge in [-0.15, -0.1) is 0 Å². The molecule has 0 aromatic carbocycles. The third-order valence-electron chi connectivity index (χ3n) is 2.15. The number of hydrogen-bond donors (Lipinski definition) is 1. The van der Waals surface area contributed by atoms with Gasteiger partial charge in [-0.2, -0.15) is 0 Å². The van der Waals surface area contributed by atoms with Gasteiger partial charge in [-0.05, 0) is 25.8 Å². The molecule has 2 unspecified atom stereocenters. The van der Waals surface area contributed by atoms with E-state index in [1.807, 2.05) is 6.92 Å². The number of sulfone groups is 1. The second-order valence-electron chi connectivity index (χ2n) is 4.30. The van der Waals surface area contributed by atoms with Crippen molar-refractivity contribution in [2.24, 2.45) is 5.92 Å². The van der Waals surface area contributed by atoms with Crippen molar-refractivity contribution in [1.82, 2.24) is 5.32 Å². The molecule has 14 heavy (non-hydrogen) atoms.